The van der Waals surface area contributed by atoms with Crippen molar-refractivity contribution in [1.29, 1.82) is 0 Å². The topological polar surface area (TPSA) is 61.0 Å². The summed E-state index contributed by atoms with van der Waals surface area (Å²) in [7, 11) is 0. The number of ether oxygens (including phenoxy) is 1. The van der Waals surface area contributed by atoms with Crippen LogP contribution in [0, 0.1) is 0 Å². The van der Waals surface area contributed by atoms with E-state index in [1.54, 1.807) is 18.6 Å². The zero-order chi connectivity index (χ0) is 14.2. The third-order valence-electron chi connectivity index (χ3n) is 3.28. The molecule has 4 nitrogen and oxygen atoms in total. The summed E-state index contributed by atoms with van der Waals surface area (Å²) in [6, 6.07) is 9.81. The molecule has 0 saturated heterocycles. The Morgan fingerprint density at radius 3 is 2.60 bits per heavy atom. The van der Waals surface area contributed by atoms with Crippen molar-refractivity contribution in [1.82, 2.24) is 9.97 Å². The minimum Gasteiger partial charge on any atom is -0.371 e. The number of rotatable bonds is 7. The monoisotopic (exact) mass is 271 g/mol. The van der Waals surface area contributed by atoms with Gasteiger partial charge in [0.15, 0.2) is 0 Å². The highest BCUT2D eigenvalue weighted by atomic mass is 16.5. The average molecular weight is 271 g/mol. The Bertz CT molecular complexity index is 490. The fraction of sp³-hybridized carbons (Fsp3) is 0.375. The molecule has 2 N–H and O–H groups in total. The van der Waals surface area contributed by atoms with Crippen molar-refractivity contribution in [2.75, 3.05) is 6.61 Å². The van der Waals surface area contributed by atoms with Crippen LogP contribution >= 0.6 is 0 Å². The standard InChI is InChI=1S/C16H21N3O/c1-2-15(17)16(13-6-10-18-11-7-13)20-12-8-14-5-3-4-9-19-14/h3-7,9-11,15-16H,2,8,12,17H2,1H3. The van der Waals surface area contributed by atoms with Crippen LogP contribution in [0.25, 0.3) is 0 Å². The first-order chi connectivity index (χ1) is 9.81. The number of hydrogen-bond acceptors (Lipinski definition) is 4. The zero-order valence-corrected chi connectivity index (χ0v) is 11.8. The average Bonchev–Trinajstić information content (AvgIpc) is 2.53. The maximum Gasteiger partial charge on any atom is 0.0976 e. The molecule has 0 aromatic carbocycles. The molecule has 2 aromatic heterocycles. The minimum atomic E-state index is -0.0910. The predicted molar refractivity (Wildman–Crippen MR) is 79.1 cm³/mol. The van der Waals surface area contributed by atoms with Crippen LogP contribution in [0.15, 0.2) is 48.9 Å². The Morgan fingerprint density at radius 1 is 1.15 bits per heavy atom. The lowest BCUT2D eigenvalue weighted by atomic mass is 10.0. The smallest absolute Gasteiger partial charge is 0.0976 e. The van der Waals surface area contributed by atoms with Gasteiger partial charge in [-0.05, 0) is 36.2 Å². The van der Waals surface area contributed by atoms with Crippen molar-refractivity contribution in [3.63, 3.8) is 0 Å². The van der Waals surface area contributed by atoms with Crippen LogP contribution in [-0.4, -0.2) is 22.6 Å². The van der Waals surface area contributed by atoms with Gasteiger partial charge in [-0.2, -0.15) is 0 Å². The van der Waals surface area contributed by atoms with Gasteiger partial charge in [0.2, 0.25) is 0 Å². The lowest BCUT2D eigenvalue weighted by Crippen LogP contribution is -2.30. The Morgan fingerprint density at radius 2 is 1.95 bits per heavy atom. The molecule has 2 aromatic rings. The summed E-state index contributed by atoms with van der Waals surface area (Å²) in [6.07, 6.45) is 6.91. The molecule has 0 aliphatic rings. The summed E-state index contributed by atoms with van der Waals surface area (Å²) in [5.74, 6) is 0. The summed E-state index contributed by atoms with van der Waals surface area (Å²) in [5.41, 5.74) is 8.28. The summed E-state index contributed by atoms with van der Waals surface area (Å²) in [4.78, 5) is 8.33. The normalized spacial score (nSPS) is 13.9. The molecule has 4 heteroatoms. The van der Waals surface area contributed by atoms with Crippen LogP contribution in [0.1, 0.15) is 30.7 Å². The van der Waals surface area contributed by atoms with Gasteiger partial charge in [0.1, 0.15) is 0 Å². The van der Waals surface area contributed by atoms with Crippen LogP contribution < -0.4 is 5.73 Å². The highest BCUT2D eigenvalue weighted by Crippen LogP contribution is 2.21. The fourth-order valence-corrected chi connectivity index (χ4v) is 2.07. The van der Waals surface area contributed by atoms with Gasteiger partial charge < -0.3 is 10.5 Å². The van der Waals surface area contributed by atoms with E-state index in [-0.39, 0.29) is 12.1 Å². The molecule has 20 heavy (non-hydrogen) atoms. The summed E-state index contributed by atoms with van der Waals surface area (Å²) in [5, 5.41) is 0. The molecule has 0 amide bonds. The van der Waals surface area contributed by atoms with Gasteiger partial charge >= 0.3 is 0 Å². The van der Waals surface area contributed by atoms with Crippen LogP contribution in [0.5, 0.6) is 0 Å². The summed E-state index contributed by atoms with van der Waals surface area (Å²) in [6.45, 7) is 2.68. The first-order valence-corrected chi connectivity index (χ1v) is 6.98. The molecule has 0 spiro atoms. The quantitative estimate of drug-likeness (QED) is 0.840. The van der Waals surface area contributed by atoms with Gasteiger partial charge in [0, 0.05) is 36.7 Å². The van der Waals surface area contributed by atoms with Crippen molar-refractivity contribution in [3.8, 4) is 0 Å². The van der Waals surface area contributed by atoms with E-state index in [1.807, 2.05) is 30.3 Å². The number of pyridine rings is 2. The second kappa shape index (κ2) is 7.72. The highest BCUT2D eigenvalue weighted by Gasteiger charge is 2.18. The van der Waals surface area contributed by atoms with E-state index >= 15 is 0 Å². The maximum atomic E-state index is 6.17. The lowest BCUT2D eigenvalue weighted by Gasteiger charge is -2.23. The molecule has 2 atom stereocenters. The van der Waals surface area contributed by atoms with Crippen LogP contribution in [-0.2, 0) is 11.2 Å². The fourth-order valence-electron chi connectivity index (χ4n) is 2.07. The Hall–Kier alpha value is -1.78. The zero-order valence-electron chi connectivity index (χ0n) is 11.8. The molecule has 0 aliphatic carbocycles. The molecular weight excluding hydrogens is 250 g/mol. The van der Waals surface area contributed by atoms with Crippen molar-refractivity contribution < 1.29 is 4.74 Å². The third-order valence-corrected chi connectivity index (χ3v) is 3.28. The van der Waals surface area contributed by atoms with Gasteiger partial charge in [-0.1, -0.05) is 13.0 Å². The molecule has 2 heterocycles. The molecule has 0 bridgehead atoms. The molecule has 0 radical (unpaired) electrons. The van der Waals surface area contributed by atoms with Crippen molar-refractivity contribution in [2.24, 2.45) is 5.73 Å². The van der Waals surface area contributed by atoms with E-state index in [1.165, 1.54) is 0 Å². The Balaban J connectivity index is 1.95. The van der Waals surface area contributed by atoms with E-state index in [0.717, 1.165) is 24.1 Å². The summed E-state index contributed by atoms with van der Waals surface area (Å²) >= 11 is 0. The highest BCUT2D eigenvalue weighted by molar-refractivity contribution is 5.15. The lowest BCUT2D eigenvalue weighted by molar-refractivity contribution is 0.0350. The largest absolute Gasteiger partial charge is 0.371 e. The Kier molecular flexibility index (Phi) is 5.65. The predicted octanol–water partition coefficient (Wildman–Crippen LogP) is 2.51. The Labute approximate surface area is 120 Å². The third kappa shape index (κ3) is 4.11. The molecule has 2 rings (SSSR count). The number of nitrogens with two attached hydrogens (primary N) is 1. The molecule has 0 fully saturated rings. The summed E-state index contributed by atoms with van der Waals surface area (Å²) < 4.78 is 5.99. The second-order valence-electron chi connectivity index (χ2n) is 4.72. The molecule has 2 unspecified atom stereocenters. The van der Waals surface area contributed by atoms with Gasteiger partial charge in [0.05, 0.1) is 12.7 Å². The van der Waals surface area contributed by atoms with Crippen molar-refractivity contribution in [3.05, 3.63) is 60.2 Å². The molecule has 0 aliphatic heterocycles. The van der Waals surface area contributed by atoms with E-state index < -0.39 is 0 Å². The van der Waals surface area contributed by atoms with E-state index in [2.05, 4.69) is 16.9 Å². The minimum absolute atomic E-state index is 0.0128. The maximum absolute atomic E-state index is 6.17. The van der Waals surface area contributed by atoms with Crippen LogP contribution in [0.3, 0.4) is 0 Å². The van der Waals surface area contributed by atoms with Crippen molar-refractivity contribution >= 4 is 0 Å². The number of hydrogen-bond donors (Lipinski definition) is 1. The van der Waals surface area contributed by atoms with Gasteiger partial charge in [-0.3, -0.25) is 9.97 Å². The van der Waals surface area contributed by atoms with Gasteiger partial charge in [0.25, 0.3) is 0 Å². The van der Waals surface area contributed by atoms with Crippen LogP contribution in [0.2, 0.25) is 0 Å². The molecule has 106 valence electrons. The van der Waals surface area contributed by atoms with Crippen molar-refractivity contribution in [2.45, 2.75) is 31.9 Å². The molecular formula is C16H21N3O. The first kappa shape index (κ1) is 14.6. The number of aromatic nitrogens is 2. The van der Waals surface area contributed by atoms with E-state index in [0.29, 0.717) is 6.61 Å². The van der Waals surface area contributed by atoms with Gasteiger partial charge in [-0.15, -0.1) is 0 Å². The van der Waals surface area contributed by atoms with E-state index in [4.69, 9.17) is 10.5 Å². The van der Waals surface area contributed by atoms with Crippen LogP contribution in [0.4, 0.5) is 0 Å². The number of nitrogens with zero attached hydrogens (tertiary/aromatic N) is 2. The van der Waals surface area contributed by atoms with Gasteiger partial charge in [-0.25, -0.2) is 0 Å². The first-order valence-electron chi connectivity index (χ1n) is 6.98. The van der Waals surface area contributed by atoms with E-state index in [9.17, 15) is 0 Å². The SMILES string of the molecule is CCC(N)C(OCCc1ccccn1)c1ccncc1. The molecule has 0 saturated carbocycles. The second-order valence-corrected chi connectivity index (χ2v) is 4.72.